The van der Waals surface area contributed by atoms with Crippen LogP contribution in [0.2, 0.25) is 0 Å². The molecular formula is C20H36N6O2. The number of methoxy groups -OCH3 is 1. The van der Waals surface area contributed by atoms with E-state index >= 15 is 0 Å². The van der Waals surface area contributed by atoms with Crippen molar-refractivity contribution in [1.82, 2.24) is 25.0 Å². The summed E-state index contributed by atoms with van der Waals surface area (Å²) >= 11 is 0. The molecule has 0 spiro atoms. The molecule has 1 saturated carbocycles. The molecule has 0 amide bonds. The van der Waals surface area contributed by atoms with Crippen LogP contribution in [-0.2, 0) is 24.2 Å². The van der Waals surface area contributed by atoms with E-state index in [1.165, 1.54) is 25.7 Å². The Morgan fingerprint density at radius 2 is 2.07 bits per heavy atom. The third kappa shape index (κ3) is 5.16. The summed E-state index contributed by atoms with van der Waals surface area (Å²) in [4.78, 5) is 16.7. The van der Waals surface area contributed by atoms with Crippen molar-refractivity contribution in [1.29, 1.82) is 0 Å². The third-order valence-corrected chi connectivity index (χ3v) is 6.23. The van der Waals surface area contributed by atoms with E-state index in [9.17, 15) is 4.79 Å². The molecule has 0 atom stereocenters. The summed E-state index contributed by atoms with van der Waals surface area (Å²) < 4.78 is 8.77. The molecule has 2 N–H and O–H groups in total. The van der Waals surface area contributed by atoms with Crippen LogP contribution in [0, 0.1) is 5.41 Å². The number of hydrogen-bond donors (Lipinski definition) is 2. The molecule has 1 aromatic rings. The Morgan fingerprint density at radius 1 is 1.25 bits per heavy atom. The van der Waals surface area contributed by atoms with E-state index in [1.807, 2.05) is 4.57 Å². The average Bonchev–Trinajstić information content (AvgIpc) is 3.31. The highest BCUT2D eigenvalue weighted by atomic mass is 16.5. The number of rotatable bonds is 9. The van der Waals surface area contributed by atoms with E-state index < -0.39 is 0 Å². The largest absolute Gasteiger partial charge is 0.385 e. The Labute approximate surface area is 167 Å². The second-order valence-electron chi connectivity index (χ2n) is 8.19. The van der Waals surface area contributed by atoms with Crippen molar-refractivity contribution in [2.45, 2.75) is 70.9 Å². The molecule has 1 aliphatic heterocycles. The van der Waals surface area contributed by atoms with Crippen LogP contribution in [-0.4, -0.2) is 54.2 Å². The Balaban J connectivity index is 1.42. The second kappa shape index (κ2) is 10.1. The molecule has 0 unspecified atom stereocenters. The van der Waals surface area contributed by atoms with Crippen LogP contribution < -0.4 is 16.3 Å². The summed E-state index contributed by atoms with van der Waals surface area (Å²) in [6, 6.07) is 0. The van der Waals surface area contributed by atoms with Gasteiger partial charge in [-0.3, -0.25) is 9.56 Å². The lowest BCUT2D eigenvalue weighted by Crippen LogP contribution is -2.43. The van der Waals surface area contributed by atoms with Gasteiger partial charge in [-0.15, -0.1) is 0 Å². The van der Waals surface area contributed by atoms with Crippen molar-refractivity contribution in [3.63, 3.8) is 0 Å². The molecule has 1 fully saturated rings. The summed E-state index contributed by atoms with van der Waals surface area (Å²) in [5.41, 5.74) is 0.370. The molecule has 2 heterocycles. The molecule has 0 radical (unpaired) electrons. The Bertz CT molecular complexity index is 702. The number of aryl methyl sites for hydroxylation is 2. The van der Waals surface area contributed by atoms with E-state index in [4.69, 9.17) is 4.74 Å². The fourth-order valence-corrected chi connectivity index (χ4v) is 4.48. The monoisotopic (exact) mass is 392 g/mol. The maximum Gasteiger partial charge on any atom is 0.345 e. The topological polar surface area (TPSA) is 85.5 Å². The van der Waals surface area contributed by atoms with Crippen LogP contribution in [0.25, 0.3) is 0 Å². The van der Waals surface area contributed by atoms with Gasteiger partial charge in [0.1, 0.15) is 5.82 Å². The molecular weight excluding hydrogens is 356 g/mol. The maximum atomic E-state index is 12.4. The molecule has 28 heavy (non-hydrogen) atoms. The van der Waals surface area contributed by atoms with E-state index in [2.05, 4.69) is 20.7 Å². The Morgan fingerprint density at radius 3 is 2.79 bits per heavy atom. The first-order chi connectivity index (χ1) is 13.7. The van der Waals surface area contributed by atoms with Gasteiger partial charge in [-0.25, -0.2) is 9.48 Å². The lowest BCUT2D eigenvalue weighted by molar-refractivity contribution is 0.138. The maximum absolute atomic E-state index is 12.4. The summed E-state index contributed by atoms with van der Waals surface area (Å²) in [5.74, 6) is 1.78. The van der Waals surface area contributed by atoms with E-state index in [0.29, 0.717) is 12.0 Å². The van der Waals surface area contributed by atoms with E-state index in [-0.39, 0.29) is 5.69 Å². The minimum Gasteiger partial charge on any atom is -0.385 e. The summed E-state index contributed by atoms with van der Waals surface area (Å²) in [6.07, 6.45) is 10.2. The first kappa shape index (κ1) is 20.9. The van der Waals surface area contributed by atoms with Crippen LogP contribution in [0.15, 0.2) is 9.79 Å². The van der Waals surface area contributed by atoms with Crippen LogP contribution in [0.3, 0.4) is 0 Å². The predicted molar refractivity (Wildman–Crippen MR) is 111 cm³/mol. The van der Waals surface area contributed by atoms with Gasteiger partial charge in [-0.2, -0.15) is 5.10 Å². The van der Waals surface area contributed by atoms with Gasteiger partial charge in [0, 0.05) is 53.4 Å². The second-order valence-corrected chi connectivity index (χ2v) is 8.19. The van der Waals surface area contributed by atoms with Crippen LogP contribution in [0.4, 0.5) is 0 Å². The molecule has 8 nitrogen and oxygen atoms in total. The molecule has 0 bridgehead atoms. The minimum absolute atomic E-state index is 0.0403. The zero-order chi connectivity index (χ0) is 19.8. The SMILES string of the molecule is CN=C(NCCCn1nc2n(c1=O)CCCC2)NCC1(CCOC)CCCC1. The number of hydrogen-bond acceptors (Lipinski definition) is 4. The van der Waals surface area contributed by atoms with Gasteiger partial charge in [0.2, 0.25) is 0 Å². The highest BCUT2D eigenvalue weighted by Crippen LogP contribution is 2.40. The Hall–Kier alpha value is -1.83. The van der Waals surface area contributed by atoms with E-state index in [1.54, 1.807) is 18.8 Å². The lowest BCUT2D eigenvalue weighted by Gasteiger charge is -2.29. The molecule has 0 saturated heterocycles. The van der Waals surface area contributed by atoms with Crippen LogP contribution >= 0.6 is 0 Å². The summed E-state index contributed by atoms with van der Waals surface area (Å²) in [5, 5.41) is 11.4. The third-order valence-electron chi connectivity index (χ3n) is 6.23. The van der Waals surface area contributed by atoms with Gasteiger partial charge in [0.15, 0.2) is 5.96 Å². The zero-order valence-electron chi connectivity index (χ0n) is 17.5. The highest BCUT2D eigenvalue weighted by Gasteiger charge is 2.33. The number of ether oxygens (including phenoxy) is 1. The van der Waals surface area contributed by atoms with Gasteiger partial charge in [0.25, 0.3) is 0 Å². The van der Waals surface area contributed by atoms with Gasteiger partial charge in [-0.1, -0.05) is 12.8 Å². The molecule has 8 heteroatoms. The van der Waals surface area contributed by atoms with Crippen molar-refractivity contribution in [2.75, 3.05) is 33.9 Å². The molecule has 3 rings (SSSR count). The smallest absolute Gasteiger partial charge is 0.345 e. The molecule has 158 valence electrons. The summed E-state index contributed by atoms with van der Waals surface area (Å²) in [7, 11) is 3.58. The number of fused-ring (bicyclic) bond motifs is 1. The van der Waals surface area contributed by atoms with Crippen LogP contribution in [0.1, 0.15) is 57.2 Å². The zero-order valence-corrected chi connectivity index (χ0v) is 17.5. The molecule has 1 aliphatic carbocycles. The van der Waals surface area contributed by atoms with Gasteiger partial charge in [0.05, 0.1) is 0 Å². The van der Waals surface area contributed by atoms with Crippen molar-refractivity contribution in [3.8, 4) is 0 Å². The number of guanidine groups is 1. The average molecular weight is 393 g/mol. The van der Waals surface area contributed by atoms with Crippen molar-refractivity contribution in [2.24, 2.45) is 10.4 Å². The molecule has 2 aliphatic rings. The fourth-order valence-electron chi connectivity index (χ4n) is 4.48. The van der Waals surface area contributed by atoms with Crippen molar-refractivity contribution >= 4 is 5.96 Å². The van der Waals surface area contributed by atoms with Crippen molar-refractivity contribution < 1.29 is 4.74 Å². The Kier molecular flexibility index (Phi) is 7.53. The standard InChI is InChI=1S/C20H36N6O2/c1-21-18(23-16-20(11-15-28-2)9-4-5-10-20)22-12-7-14-26-19(27)25-13-6-3-8-17(25)24-26/h3-16H2,1-2H3,(H2,21,22,23). The highest BCUT2D eigenvalue weighted by molar-refractivity contribution is 5.79. The number of nitrogens with zero attached hydrogens (tertiary/aromatic N) is 4. The number of nitrogens with one attached hydrogen (secondary N) is 2. The minimum atomic E-state index is 0.0403. The molecule has 1 aromatic heterocycles. The van der Waals surface area contributed by atoms with E-state index in [0.717, 1.165) is 70.1 Å². The van der Waals surface area contributed by atoms with Crippen LogP contribution in [0.5, 0.6) is 0 Å². The number of aliphatic imine (C=N–C) groups is 1. The predicted octanol–water partition coefficient (Wildman–Crippen LogP) is 1.53. The normalized spacial score (nSPS) is 18.9. The summed E-state index contributed by atoms with van der Waals surface area (Å²) in [6.45, 7) is 3.97. The quantitative estimate of drug-likeness (QED) is 0.378. The first-order valence-corrected chi connectivity index (χ1v) is 10.8. The molecule has 0 aromatic carbocycles. The number of aromatic nitrogens is 3. The van der Waals surface area contributed by atoms with Crippen molar-refractivity contribution in [3.05, 3.63) is 16.3 Å². The lowest BCUT2D eigenvalue weighted by atomic mass is 9.83. The fraction of sp³-hybridized carbons (Fsp3) is 0.850. The van der Waals surface area contributed by atoms with Gasteiger partial charge < -0.3 is 15.4 Å². The first-order valence-electron chi connectivity index (χ1n) is 10.8. The van der Waals surface area contributed by atoms with Gasteiger partial charge >= 0.3 is 5.69 Å². The van der Waals surface area contributed by atoms with Gasteiger partial charge in [-0.05, 0) is 43.9 Å².